The molecule has 1 saturated heterocycles. The molecule has 2 fully saturated rings. The number of ether oxygens (including phenoxy) is 3. The average Bonchev–Trinajstić information content (AvgIpc) is 3.17. The fraction of sp³-hybridized carbons (Fsp3) is 0.468. The lowest BCUT2D eigenvalue weighted by molar-refractivity contribution is -0.137. The summed E-state index contributed by atoms with van der Waals surface area (Å²) in [7, 11) is 0. The second kappa shape index (κ2) is 19.7. The van der Waals surface area contributed by atoms with Crippen LogP contribution in [0.15, 0.2) is 109 Å². The normalized spacial score (nSPS) is 19.3. The molecule has 1 aliphatic carbocycles. The number of carbonyl (C=O) groups is 1. The Labute approximate surface area is 326 Å². The summed E-state index contributed by atoms with van der Waals surface area (Å²) in [5.74, 6) is -0.580. The number of nitrogens with zero attached hydrogens (tertiary/aromatic N) is 2. The van der Waals surface area contributed by atoms with Crippen LogP contribution < -0.4 is 0 Å². The van der Waals surface area contributed by atoms with Crippen LogP contribution in [0.1, 0.15) is 88.0 Å². The first kappa shape index (κ1) is 40.6. The third kappa shape index (κ3) is 12.4. The second-order valence-electron chi connectivity index (χ2n) is 16.4. The van der Waals surface area contributed by atoms with Gasteiger partial charge in [0.05, 0.1) is 38.0 Å². The number of morpholine rings is 1. The summed E-state index contributed by atoms with van der Waals surface area (Å²) in [5, 5.41) is 0. The summed E-state index contributed by atoms with van der Waals surface area (Å²) in [5.41, 5.74) is 2.94. The Kier molecular flexibility index (Phi) is 14.5. The molecule has 6 nitrogen and oxygen atoms in total. The number of benzene rings is 4. The van der Waals surface area contributed by atoms with Crippen LogP contribution in [0.25, 0.3) is 0 Å². The van der Waals surface area contributed by atoms with Crippen LogP contribution in [0.5, 0.6) is 0 Å². The van der Waals surface area contributed by atoms with Gasteiger partial charge in [-0.25, -0.2) is 13.6 Å². The van der Waals surface area contributed by atoms with Crippen molar-refractivity contribution in [3.05, 3.63) is 143 Å². The number of hydrogen-bond donors (Lipinski definition) is 0. The quantitative estimate of drug-likeness (QED) is 0.121. The van der Waals surface area contributed by atoms with E-state index in [1.807, 2.05) is 92.4 Å². The third-order valence-electron chi connectivity index (χ3n) is 10.9. The van der Waals surface area contributed by atoms with Gasteiger partial charge in [-0.3, -0.25) is 9.80 Å². The summed E-state index contributed by atoms with van der Waals surface area (Å²) < 4.78 is 49.7. The van der Waals surface area contributed by atoms with Crippen molar-refractivity contribution in [2.75, 3.05) is 13.2 Å². The molecule has 1 aliphatic heterocycles. The van der Waals surface area contributed by atoms with Gasteiger partial charge in [0.1, 0.15) is 17.2 Å². The molecule has 6 rings (SSSR count). The first-order valence-corrected chi connectivity index (χ1v) is 20.1. The Morgan fingerprint density at radius 1 is 0.782 bits per heavy atom. The summed E-state index contributed by atoms with van der Waals surface area (Å²) >= 11 is 0. The molecule has 4 atom stereocenters. The number of halogens is 2. The van der Waals surface area contributed by atoms with Gasteiger partial charge >= 0.3 is 6.09 Å². The third-order valence-corrected chi connectivity index (χ3v) is 10.9. The predicted octanol–water partition coefficient (Wildman–Crippen LogP) is 10.5. The molecule has 0 radical (unpaired) electrons. The number of carbonyl (C=O) groups excluding carboxylic acids is 1. The van der Waals surface area contributed by atoms with E-state index >= 15 is 0 Å². The molecular formula is C47H58F2N2O4. The van der Waals surface area contributed by atoms with Crippen molar-refractivity contribution in [2.24, 2.45) is 5.92 Å². The van der Waals surface area contributed by atoms with Gasteiger partial charge in [-0.05, 0) is 80.3 Å². The van der Waals surface area contributed by atoms with Gasteiger partial charge in [0.15, 0.2) is 0 Å². The van der Waals surface area contributed by atoms with Crippen molar-refractivity contribution in [1.29, 1.82) is 0 Å². The highest BCUT2D eigenvalue weighted by Crippen LogP contribution is 2.32. The molecule has 1 amide bonds. The summed E-state index contributed by atoms with van der Waals surface area (Å²) in [6.07, 6.45) is 7.37. The molecule has 1 saturated carbocycles. The van der Waals surface area contributed by atoms with Crippen LogP contribution in [0.4, 0.5) is 13.6 Å². The van der Waals surface area contributed by atoms with Gasteiger partial charge < -0.3 is 14.2 Å². The molecule has 55 heavy (non-hydrogen) atoms. The highest BCUT2D eigenvalue weighted by atomic mass is 19.1. The number of hydrogen-bond acceptors (Lipinski definition) is 5. The van der Waals surface area contributed by atoms with E-state index in [-0.39, 0.29) is 25.7 Å². The molecule has 4 unspecified atom stereocenters. The monoisotopic (exact) mass is 752 g/mol. The minimum Gasteiger partial charge on any atom is -0.444 e. The lowest BCUT2D eigenvalue weighted by Gasteiger charge is -2.47. The van der Waals surface area contributed by atoms with Crippen LogP contribution in [0, 0.1) is 17.6 Å². The largest absolute Gasteiger partial charge is 0.444 e. The van der Waals surface area contributed by atoms with Crippen molar-refractivity contribution >= 4 is 6.09 Å². The first-order chi connectivity index (χ1) is 26.6. The molecule has 2 aliphatic rings. The van der Waals surface area contributed by atoms with E-state index < -0.39 is 41.5 Å². The zero-order valence-electron chi connectivity index (χ0n) is 32.8. The fourth-order valence-electron chi connectivity index (χ4n) is 8.20. The molecule has 4 aromatic rings. The average molecular weight is 753 g/mol. The molecule has 0 aromatic heterocycles. The second-order valence-corrected chi connectivity index (χ2v) is 16.4. The maximum Gasteiger partial charge on any atom is 0.410 e. The summed E-state index contributed by atoms with van der Waals surface area (Å²) in [6.45, 7) is 7.60. The number of rotatable bonds is 15. The standard InChI is InChI=1S/C47H58F2N2O4/c1-47(2,3)55-46(52)51-32-42(25-24-35-16-8-4-9-17-35)53-34-44(51)45(54-33-38-22-14-7-15-23-38)43(28-39-26-40(48)29-41(49)27-39)50(30-36-18-10-5-11-19-36)31-37-20-12-6-13-21-37/h5-7,10-15,18-23,26-27,29,35,42-45H,4,8-9,16-17,24-25,28,30-34H2,1-3H3. The van der Waals surface area contributed by atoms with Crippen LogP contribution in [-0.4, -0.2) is 58.9 Å². The van der Waals surface area contributed by atoms with Crippen LogP contribution in [0.3, 0.4) is 0 Å². The van der Waals surface area contributed by atoms with Gasteiger partial charge in [-0.15, -0.1) is 0 Å². The van der Waals surface area contributed by atoms with E-state index in [1.165, 1.54) is 44.2 Å². The van der Waals surface area contributed by atoms with Crippen molar-refractivity contribution in [2.45, 2.75) is 122 Å². The van der Waals surface area contributed by atoms with Crippen molar-refractivity contribution in [3.63, 3.8) is 0 Å². The first-order valence-electron chi connectivity index (χ1n) is 20.1. The van der Waals surface area contributed by atoms with Gasteiger partial charge in [0, 0.05) is 25.2 Å². The summed E-state index contributed by atoms with van der Waals surface area (Å²) in [4.78, 5) is 18.5. The Balaban J connectivity index is 1.42. The van der Waals surface area contributed by atoms with E-state index in [0.717, 1.165) is 35.6 Å². The Morgan fingerprint density at radius 2 is 1.35 bits per heavy atom. The zero-order chi connectivity index (χ0) is 38.6. The van der Waals surface area contributed by atoms with Crippen molar-refractivity contribution in [3.8, 4) is 0 Å². The highest BCUT2D eigenvalue weighted by molar-refractivity contribution is 5.69. The Hall–Kier alpha value is -4.11. The van der Waals surface area contributed by atoms with Crippen LogP contribution in [-0.2, 0) is 40.3 Å². The maximum absolute atomic E-state index is 14.9. The number of amides is 1. The van der Waals surface area contributed by atoms with E-state index in [0.29, 0.717) is 31.1 Å². The van der Waals surface area contributed by atoms with Crippen molar-refractivity contribution in [1.82, 2.24) is 9.80 Å². The van der Waals surface area contributed by atoms with Crippen molar-refractivity contribution < 1.29 is 27.8 Å². The minimum absolute atomic E-state index is 0.138. The minimum atomic E-state index is -0.719. The SMILES string of the molecule is CC(C)(C)OC(=O)N1CC(CCC2CCCCC2)OCC1C(OCc1ccccc1)C(Cc1cc(F)cc(F)c1)N(Cc1ccccc1)Cc1ccccc1. The lowest BCUT2D eigenvalue weighted by atomic mass is 9.85. The van der Waals surface area contributed by atoms with Crippen LogP contribution in [0.2, 0.25) is 0 Å². The lowest BCUT2D eigenvalue weighted by Crippen LogP contribution is -2.63. The molecule has 0 bridgehead atoms. The maximum atomic E-state index is 14.9. The molecule has 8 heteroatoms. The zero-order valence-corrected chi connectivity index (χ0v) is 32.8. The predicted molar refractivity (Wildman–Crippen MR) is 213 cm³/mol. The van der Waals surface area contributed by atoms with E-state index in [9.17, 15) is 13.6 Å². The smallest absolute Gasteiger partial charge is 0.410 e. The molecule has 4 aromatic carbocycles. The molecule has 0 spiro atoms. The van der Waals surface area contributed by atoms with Gasteiger partial charge in [0.25, 0.3) is 0 Å². The van der Waals surface area contributed by atoms with Gasteiger partial charge in [-0.2, -0.15) is 0 Å². The molecule has 0 N–H and O–H groups in total. The Morgan fingerprint density at radius 3 is 1.91 bits per heavy atom. The van der Waals surface area contributed by atoms with Crippen LogP contribution >= 0.6 is 0 Å². The highest BCUT2D eigenvalue weighted by Gasteiger charge is 2.44. The van der Waals surface area contributed by atoms with E-state index in [1.54, 1.807) is 0 Å². The van der Waals surface area contributed by atoms with Gasteiger partial charge in [-0.1, -0.05) is 123 Å². The molecule has 294 valence electrons. The molecule has 1 heterocycles. The topological polar surface area (TPSA) is 51.2 Å². The summed E-state index contributed by atoms with van der Waals surface area (Å²) in [6, 6.07) is 33.1. The fourth-order valence-corrected chi connectivity index (χ4v) is 8.20. The van der Waals surface area contributed by atoms with E-state index in [4.69, 9.17) is 14.2 Å². The van der Waals surface area contributed by atoms with Gasteiger partial charge in [0.2, 0.25) is 0 Å². The Bertz CT molecular complexity index is 1690. The molecular weight excluding hydrogens is 695 g/mol. The van der Waals surface area contributed by atoms with E-state index in [2.05, 4.69) is 29.2 Å².